The fourth-order valence-electron chi connectivity index (χ4n) is 3.71. The molecule has 0 amide bonds. The van der Waals surface area contributed by atoms with Crippen molar-refractivity contribution in [3.05, 3.63) is 72.2 Å². The highest BCUT2D eigenvalue weighted by atomic mass is 127. The first-order chi connectivity index (χ1) is 14.1. The molecule has 1 atom stereocenters. The normalized spacial score (nSPS) is 16.5. The molecule has 1 fully saturated rings. The van der Waals surface area contributed by atoms with E-state index in [1.807, 2.05) is 18.2 Å². The van der Waals surface area contributed by atoms with Gasteiger partial charge in [-0.15, -0.1) is 24.0 Å². The molecule has 1 aliphatic heterocycles. The van der Waals surface area contributed by atoms with Gasteiger partial charge in [-0.25, -0.2) is 0 Å². The maximum atomic E-state index is 5.44. The van der Waals surface area contributed by atoms with Gasteiger partial charge in [-0.2, -0.15) is 0 Å². The first-order valence-electron chi connectivity index (χ1n) is 10.6. The molecule has 0 spiro atoms. The van der Waals surface area contributed by atoms with Crippen LogP contribution in [0.25, 0.3) is 0 Å². The summed E-state index contributed by atoms with van der Waals surface area (Å²) in [7, 11) is 0. The lowest BCUT2D eigenvalue weighted by atomic mass is 10.0. The van der Waals surface area contributed by atoms with Crippen molar-refractivity contribution in [1.82, 2.24) is 15.5 Å². The van der Waals surface area contributed by atoms with Crippen LogP contribution < -0.4 is 10.6 Å². The molecule has 6 heteroatoms. The van der Waals surface area contributed by atoms with Crippen LogP contribution in [0.5, 0.6) is 0 Å². The summed E-state index contributed by atoms with van der Waals surface area (Å²) >= 11 is 0. The van der Waals surface area contributed by atoms with Gasteiger partial charge in [0.1, 0.15) is 5.76 Å². The first-order valence-corrected chi connectivity index (χ1v) is 10.6. The van der Waals surface area contributed by atoms with Crippen molar-refractivity contribution >= 4 is 29.9 Å². The van der Waals surface area contributed by atoms with Crippen LogP contribution in [0, 0.1) is 0 Å². The number of nitrogens with one attached hydrogen (secondary N) is 2. The number of piperidine rings is 1. The maximum Gasteiger partial charge on any atom is 0.191 e. The highest BCUT2D eigenvalue weighted by Crippen LogP contribution is 2.14. The molecule has 1 aromatic heterocycles. The van der Waals surface area contributed by atoms with E-state index in [0.717, 1.165) is 50.6 Å². The molecule has 2 N–H and O–H groups in total. The largest absolute Gasteiger partial charge is 0.469 e. The van der Waals surface area contributed by atoms with E-state index in [-0.39, 0.29) is 30.0 Å². The molecule has 1 saturated heterocycles. The van der Waals surface area contributed by atoms with Crippen molar-refractivity contribution < 1.29 is 4.42 Å². The van der Waals surface area contributed by atoms with Crippen LogP contribution in [0.4, 0.5) is 0 Å². The van der Waals surface area contributed by atoms with Crippen LogP contribution in [0.1, 0.15) is 44.1 Å². The molecule has 2 heterocycles. The Morgan fingerprint density at radius 1 is 1.20 bits per heavy atom. The topological polar surface area (TPSA) is 52.8 Å². The average molecular weight is 522 g/mol. The van der Waals surface area contributed by atoms with Crippen molar-refractivity contribution in [2.45, 2.75) is 45.2 Å². The second-order valence-corrected chi connectivity index (χ2v) is 7.99. The second-order valence-electron chi connectivity index (χ2n) is 7.99. The molecule has 0 saturated carbocycles. The van der Waals surface area contributed by atoms with E-state index >= 15 is 0 Å². The minimum absolute atomic E-state index is 0. The number of aliphatic imine (C=N–C) groups is 1. The SMILES string of the molecule is C=C(C)CN1CCC(NC(=NCCc2ccco2)NC(C)c2ccccc2)CC1.I. The highest BCUT2D eigenvalue weighted by molar-refractivity contribution is 14.0. The molecule has 5 nitrogen and oxygen atoms in total. The first kappa shape index (κ1) is 24.5. The number of rotatable bonds is 8. The summed E-state index contributed by atoms with van der Waals surface area (Å²) in [5.74, 6) is 1.85. The van der Waals surface area contributed by atoms with Gasteiger partial charge in [0.2, 0.25) is 0 Å². The Kier molecular flexibility index (Phi) is 10.4. The van der Waals surface area contributed by atoms with Gasteiger partial charge in [0.25, 0.3) is 0 Å². The van der Waals surface area contributed by atoms with Crippen molar-refractivity contribution in [3.8, 4) is 0 Å². The minimum atomic E-state index is 0. The summed E-state index contributed by atoms with van der Waals surface area (Å²) in [5, 5.41) is 7.25. The van der Waals surface area contributed by atoms with Gasteiger partial charge in [0.15, 0.2) is 5.96 Å². The van der Waals surface area contributed by atoms with Gasteiger partial charge in [0.05, 0.1) is 12.3 Å². The zero-order chi connectivity index (χ0) is 20.5. The maximum absolute atomic E-state index is 5.44. The minimum Gasteiger partial charge on any atom is -0.469 e. The lowest BCUT2D eigenvalue weighted by Crippen LogP contribution is -2.49. The van der Waals surface area contributed by atoms with Gasteiger partial charge in [-0.1, -0.05) is 42.5 Å². The van der Waals surface area contributed by atoms with Gasteiger partial charge in [-0.3, -0.25) is 9.89 Å². The van der Waals surface area contributed by atoms with E-state index in [1.54, 1.807) is 6.26 Å². The predicted molar refractivity (Wildman–Crippen MR) is 136 cm³/mol. The van der Waals surface area contributed by atoms with Crippen LogP contribution in [0.15, 0.2) is 70.3 Å². The third-order valence-electron chi connectivity index (χ3n) is 5.28. The molecule has 1 aliphatic rings. The smallest absolute Gasteiger partial charge is 0.191 e. The molecule has 0 bridgehead atoms. The van der Waals surface area contributed by atoms with Crippen LogP contribution >= 0.6 is 24.0 Å². The quantitative estimate of drug-likeness (QED) is 0.227. The molecule has 164 valence electrons. The fraction of sp³-hybridized carbons (Fsp3) is 0.458. The number of hydrogen-bond acceptors (Lipinski definition) is 3. The predicted octanol–water partition coefficient (Wildman–Crippen LogP) is 4.78. The lowest BCUT2D eigenvalue weighted by Gasteiger charge is -2.33. The van der Waals surface area contributed by atoms with E-state index in [4.69, 9.17) is 9.41 Å². The van der Waals surface area contributed by atoms with E-state index < -0.39 is 0 Å². The van der Waals surface area contributed by atoms with Crippen LogP contribution in [0.3, 0.4) is 0 Å². The average Bonchev–Trinajstić information content (AvgIpc) is 3.23. The molecule has 1 unspecified atom stereocenters. The van der Waals surface area contributed by atoms with Crippen LogP contribution in [-0.4, -0.2) is 43.1 Å². The zero-order valence-corrected chi connectivity index (χ0v) is 20.5. The van der Waals surface area contributed by atoms with Crippen molar-refractivity contribution in [1.29, 1.82) is 0 Å². The molecular weight excluding hydrogens is 487 g/mol. The van der Waals surface area contributed by atoms with E-state index in [0.29, 0.717) is 12.6 Å². The van der Waals surface area contributed by atoms with E-state index in [1.165, 1.54) is 11.1 Å². The van der Waals surface area contributed by atoms with Crippen LogP contribution in [-0.2, 0) is 6.42 Å². The number of furan rings is 1. The van der Waals surface area contributed by atoms with Gasteiger partial charge >= 0.3 is 0 Å². The Hall–Kier alpha value is -1.80. The molecule has 30 heavy (non-hydrogen) atoms. The number of hydrogen-bond donors (Lipinski definition) is 2. The molecule has 0 radical (unpaired) electrons. The molecule has 3 rings (SSSR count). The second kappa shape index (κ2) is 12.8. The van der Waals surface area contributed by atoms with Crippen molar-refractivity contribution in [2.75, 3.05) is 26.2 Å². The monoisotopic (exact) mass is 522 g/mol. The Bertz CT molecular complexity index is 768. The fourth-order valence-corrected chi connectivity index (χ4v) is 3.71. The lowest BCUT2D eigenvalue weighted by molar-refractivity contribution is 0.221. The molecule has 1 aromatic carbocycles. The van der Waals surface area contributed by atoms with Gasteiger partial charge < -0.3 is 15.1 Å². The number of guanidine groups is 1. The van der Waals surface area contributed by atoms with E-state index in [9.17, 15) is 0 Å². The van der Waals surface area contributed by atoms with Gasteiger partial charge in [0, 0.05) is 38.6 Å². The summed E-state index contributed by atoms with van der Waals surface area (Å²) in [6.07, 6.45) is 4.75. The Morgan fingerprint density at radius 3 is 2.57 bits per heavy atom. The Labute approximate surface area is 198 Å². The number of halogens is 1. The zero-order valence-electron chi connectivity index (χ0n) is 18.1. The van der Waals surface area contributed by atoms with Crippen LogP contribution in [0.2, 0.25) is 0 Å². The summed E-state index contributed by atoms with van der Waals surface area (Å²) in [5.41, 5.74) is 2.49. The molecular formula is C24H35IN4O. The van der Waals surface area contributed by atoms with Gasteiger partial charge in [-0.05, 0) is 44.4 Å². The summed E-state index contributed by atoms with van der Waals surface area (Å²) in [6, 6.07) is 15.0. The number of benzene rings is 1. The third kappa shape index (κ3) is 8.14. The highest BCUT2D eigenvalue weighted by Gasteiger charge is 2.20. The van der Waals surface area contributed by atoms with E-state index in [2.05, 4.69) is 60.2 Å². The van der Waals surface area contributed by atoms with Crippen molar-refractivity contribution in [3.63, 3.8) is 0 Å². The number of nitrogens with zero attached hydrogens (tertiary/aromatic N) is 2. The Balaban J connectivity index is 0.00000320. The Morgan fingerprint density at radius 2 is 1.93 bits per heavy atom. The third-order valence-corrected chi connectivity index (χ3v) is 5.28. The summed E-state index contributed by atoms with van der Waals surface area (Å²) in [6.45, 7) is 12.2. The number of likely N-dealkylation sites (tertiary alicyclic amines) is 1. The molecule has 0 aliphatic carbocycles. The summed E-state index contributed by atoms with van der Waals surface area (Å²) < 4.78 is 5.44. The van der Waals surface area contributed by atoms with Crippen molar-refractivity contribution in [2.24, 2.45) is 4.99 Å². The molecule has 2 aromatic rings. The standard InChI is InChI=1S/C24H34N4O.HI/c1-19(2)18-28-15-12-22(13-16-28)27-24(25-14-11-23-10-7-17-29-23)26-20(3)21-8-5-4-6-9-21;/h4-10,17,20,22H,1,11-16,18H2,2-3H3,(H2,25,26,27);1H. The summed E-state index contributed by atoms with van der Waals surface area (Å²) in [4.78, 5) is 7.31.